The molecular weight excluding hydrogens is 164 g/mol. The molecule has 0 spiro atoms. The first-order valence-electron chi connectivity index (χ1n) is 4.06. The summed E-state index contributed by atoms with van der Waals surface area (Å²) >= 11 is 5.63. The second-order valence-corrected chi connectivity index (χ2v) is 3.59. The van der Waals surface area contributed by atoms with Crippen molar-refractivity contribution in [3.63, 3.8) is 0 Å². The minimum Gasteiger partial charge on any atom is -0.549 e. The van der Waals surface area contributed by atoms with Crippen molar-refractivity contribution < 1.29 is 9.90 Å². The smallest absolute Gasteiger partial charge is 0.0758 e. The van der Waals surface area contributed by atoms with Crippen LogP contribution in [0.1, 0.15) is 32.1 Å². The Balaban J connectivity index is 2.38. The molecule has 1 atom stereocenters. The highest BCUT2D eigenvalue weighted by Crippen LogP contribution is 2.28. The van der Waals surface area contributed by atoms with Crippen LogP contribution in [0.3, 0.4) is 0 Å². The van der Waals surface area contributed by atoms with Crippen molar-refractivity contribution in [2.75, 3.05) is 0 Å². The van der Waals surface area contributed by atoms with Crippen LogP contribution in [0, 0.1) is 5.92 Å². The molecule has 0 bridgehead atoms. The first kappa shape index (κ1) is 8.85. The predicted molar refractivity (Wildman–Crippen MR) is 41.2 cm³/mol. The lowest BCUT2D eigenvalue weighted by Gasteiger charge is -2.26. The van der Waals surface area contributed by atoms with Crippen LogP contribution in [0.25, 0.3) is 0 Å². The van der Waals surface area contributed by atoms with E-state index >= 15 is 0 Å². The van der Waals surface area contributed by atoms with Gasteiger partial charge in [-0.05, 0) is 18.8 Å². The van der Waals surface area contributed by atoms with Crippen LogP contribution < -0.4 is 5.11 Å². The van der Waals surface area contributed by atoms with Gasteiger partial charge in [-0.1, -0.05) is 19.3 Å². The fourth-order valence-electron chi connectivity index (χ4n) is 1.62. The van der Waals surface area contributed by atoms with E-state index in [9.17, 15) is 9.90 Å². The van der Waals surface area contributed by atoms with E-state index in [2.05, 4.69) is 0 Å². The van der Waals surface area contributed by atoms with Gasteiger partial charge in [-0.2, -0.15) is 0 Å². The van der Waals surface area contributed by atoms with Gasteiger partial charge in [0.05, 0.1) is 11.3 Å². The summed E-state index contributed by atoms with van der Waals surface area (Å²) in [6, 6.07) is 0. The lowest BCUT2D eigenvalue weighted by atomic mass is 9.87. The minimum absolute atomic E-state index is 0.149. The molecule has 1 fully saturated rings. The minimum atomic E-state index is -1.11. The summed E-state index contributed by atoms with van der Waals surface area (Å²) in [7, 11) is 0. The molecule has 0 heterocycles. The fraction of sp³-hybridized carbons (Fsp3) is 0.875. The van der Waals surface area contributed by atoms with Gasteiger partial charge in [0.2, 0.25) is 0 Å². The van der Waals surface area contributed by atoms with Crippen molar-refractivity contribution in [3.05, 3.63) is 0 Å². The fourth-order valence-corrected chi connectivity index (χ4v) is 1.87. The van der Waals surface area contributed by atoms with E-state index < -0.39 is 11.3 Å². The van der Waals surface area contributed by atoms with Gasteiger partial charge in [0, 0.05) is 0 Å². The Bertz CT molecular complexity index is 141. The molecule has 1 saturated carbocycles. The lowest BCUT2D eigenvalue weighted by Crippen LogP contribution is -2.37. The number of alkyl halides is 1. The molecule has 0 amide bonds. The van der Waals surface area contributed by atoms with Crippen LogP contribution in [0.5, 0.6) is 0 Å². The zero-order chi connectivity index (χ0) is 8.27. The third-order valence-corrected chi connectivity index (χ3v) is 2.82. The number of carbonyl (C=O) groups excluding carboxylic acids is 1. The van der Waals surface area contributed by atoms with Gasteiger partial charge in [-0.25, -0.2) is 0 Å². The zero-order valence-electron chi connectivity index (χ0n) is 6.38. The van der Waals surface area contributed by atoms with Crippen LogP contribution in [0.15, 0.2) is 0 Å². The number of hydrogen-bond acceptors (Lipinski definition) is 2. The summed E-state index contributed by atoms with van der Waals surface area (Å²) in [4.78, 5) is 10.4. The van der Waals surface area contributed by atoms with Crippen molar-refractivity contribution in [3.8, 4) is 0 Å². The van der Waals surface area contributed by atoms with Crippen LogP contribution in [-0.2, 0) is 4.79 Å². The maximum atomic E-state index is 10.4. The molecule has 64 valence electrons. The molecule has 0 aromatic carbocycles. The Morgan fingerprint density at radius 2 is 1.91 bits per heavy atom. The topological polar surface area (TPSA) is 40.1 Å². The number of hydrogen-bond donors (Lipinski definition) is 0. The number of carboxylic acid groups (broad SMARTS) is 1. The number of halogens is 1. The van der Waals surface area contributed by atoms with Crippen molar-refractivity contribution in [2.24, 2.45) is 5.92 Å². The Labute approximate surface area is 71.5 Å². The van der Waals surface area contributed by atoms with Gasteiger partial charge < -0.3 is 9.90 Å². The second-order valence-electron chi connectivity index (χ2n) is 3.12. The van der Waals surface area contributed by atoms with E-state index in [4.69, 9.17) is 11.6 Å². The Morgan fingerprint density at radius 3 is 2.36 bits per heavy atom. The summed E-state index contributed by atoms with van der Waals surface area (Å²) in [6.07, 6.45) is 5.33. The largest absolute Gasteiger partial charge is 0.549 e. The van der Waals surface area contributed by atoms with Gasteiger partial charge in [0.15, 0.2) is 0 Å². The van der Waals surface area contributed by atoms with Crippen molar-refractivity contribution in [1.82, 2.24) is 0 Å². The third kappa shape index (κ3) is 2.37. The second kappa shape index (κ2) is 3.96. The molecule has 0 aliphatic heterocycles. The number of carboxylic acids is 1. The predicted octanol–water partition coefficient (Wildman–Crippen LogP) is 0.924. The Morgan fingerprint density at radius 1 is 1.36 bits per heavy atom. The van der Waals surface area contributed by atoms with Crippen molar-refractivity contribution >= 4 is 17.6 Å². The van der Waals surface area contributed by atoms with Crippen molar-refractivity contribution in [1.29, 1.82) is 0 Å². The standard InChI is InChI=1S/C8H13ClO2/c9-7(8(10)11)6-4-2-1-3-5-6/h6-7H,1-5H2,(H,10,11)/p-1. The number of rotatable bonds is 2. The molecule has 3 heteroatoms. The van der Waals surface area contributed by atoms with Gasteiger partial charge >= 0.3 is 0 Å². The highest BCUT2D eigenvalue weighted by Gasteiger charge is 2.22. The van der Waals surface area contributed by atoms with E-state index in [1.54, 1.807) is 0 Å². The first-order valence-corrected chi connectivity index (χ1v) is 4.50. The maximum Gasteiger partial charge on any atom is 0.0758 e. The van der Waals surface area contributed by atoms with E-state index in [-0.39, 0.29) is 5.92 Å². The molecule has 1 unspecified atom stereocenters. The van der Waals surface area contributed by atoms with Crippen LogP contribution in [0.2, 0.25) is 0 Å². The van der Waals surface area contributed by atoms with E-state index in [1.165, 1.54) is 6.42 Å². The molecular formula is C8H12ClO2-. The number of aliphatic carboxylic acids is 1. The average Bonchev–Trinajstić information content (AvgIpc) is 2.05. The maximum absolute atomic E-state index is 10.4. The zero-order valence-corrected chi connectivity index (χ0v) is 7.14. The third-order valence-electron chi connectivity index (χ3n) is 2.29. The van der Waals surface area contributed by atoms with Crippen LogP contribution in [0.4, 0.5) is 0 Å². The highest BCUT2D eigenvalue weighted by molar-refractivity contribution is 6.29. The van der Waals surface area contributed by atoms with Crippen LogP contribution in [-0.4, -0.2) is 11.3 Å². The average molecular weight is 176 g/mol. The Kier molecular flexibility index (Phi) is 3.18. The molecule has 11 heavy (non-hydrogen) atoms. The molecule has 0 saturated heterocycles. The molecule has 1 aliphatic carbocycles. The van der Waals surface area contributed by atoms with Gasteiger partial charge in [-0.3, -0.25) is 0 Å². The van der Waals surface area contributed by atoms with E-state index in [0.29, 0.717) is 0 Å². The monoisotopic (exact) mass is 175 g/mol. The summed E-state index contributed by atoms with van der Waals surface area (Å²) in [6.45, 7) is 0. The van der Waals surface area contributed by atoms with Gasteiger partial charge in [0.1, 0.15) is 0 Å². The van der Waals surface area contributed by atoms with Gasteiger partial charge in [-0.15, -0.1) is 11.6 Å². The normalized spacial score (nSPS) is 23.0. The van der Waals surface area contributed by atoms with Crippen molar-refractivity contribution in [2.45, 2.75) is 37.5 Å². The number of carbonyl (C=O) groups is 1. The SMILES string of the molecule is O=C([O-])C(Cl)C1CCCCC1. The summed E-state index contributed by atoms with van der Waals surface area (Å²) < 4.78 is 0. The molecule has 0 radical (unpaired) electrons. The molecule has 0 N–H and O–H groups in total. The van der Waals surface area contributed by atoms with Crippen LogP contribution >= 0.6 is 11.6 Å². The quantitative estimate of drug-likeness (QED) is 0.586. The molecule has 1 rings (SSSR count). The first-order chi connectivity index (χ1) is 5.22. The van der Waals surface area contributed by atoms with Gasteiger partial charge in [0.25, 0.3) is 0 Å². The molecule has 0 aromatic heterocycles. The summed E-state index contributed by atoms with van der Waals surface area (Å²) in [5.41, 5.74) is 0. The van der Waals surface area contributed by atoms with E-state index in [0.717, 1.165) is 25.7 Å². The lowest BCUT2D eigenvalue weighted by molar-refractivity contribution is -0.306. The highest BCUT2D eigenvalue weighted by atomic mass is 35.5. The van der Waals surface area contributed by atoms with E-state index in [1.807, 2.05) is 0 Å². The molecule has 1 aliphatic rings. The molecule has 2 nitrogen and oxygen atoms in total. The molecule has 0 aromatic rings. The summed E-state index contributed by atoms with van der Waals surface area (Å²) in [5, 5.41) is 9.59. The summed E-state index contributed by atoms with van der Waals surface area (Å²) in [5.74, 6) is -0.964. The Hall–Kier alpha value is -0.240.